The van der Waals surface area contributed by atoms with Gasteiger partial charge in [0.25, 0.3) is 0 Å². The molecule has 0 spiro atoms. The van der Waals surface area contributed by atoms with Crippen LogP contribution in [0.4, 0.5) is 0 Å². The third-order valence-electron chi connectivity index (χ3n) is 1.31. The second-order valence-corrected chi connectivity index (χ2v) is 3.18. The zero-order valence-corrected chi connectivity index (χ0v) is 16.1. The molecule has 20 heavy (non-hydrogen) atoms. The molecule has 13 heteroatoms. The molecule has 0 bridgehead atoms. The number of benzene rings is 1. The van der Waals surface area contributed by atoms with Crippen molar-refractivity contribution in [3.8, 4) is 0 Å². The Morgan fingerprint density at radius 1 is 0.850 bits per heavy atom. The van der Waals surface area contributed by atoms with Gasteiger partial charge in [0, 0.05) is 5.56 Å². The summed E-state index contributed by atoms with van der Waals surface area (Å²) in [5.41, 5.74) is 0.469. The number of aliphatic hydroxyl groups excluding tert-OH is 1. The SMILES string of the molecule is O.O.O.O.O.O.O.O=[P+](O)C(O)c1ccccc1.[H-].[H-].[Na+].[Na+]. The molecule has 0 amide bonds. The molecule has 2 atom stereocenters. The van der Waals surface area contributed by atoms with Gasteiger partial charge >= 0.3 is 73.0 Å². The van der Waals surface area contributed by atoms with Crippen LogP contribution < -0.4 is 59.1 Å². The molecule has 0 saturated carbocycles. The minimum atomic E-state index is -2.53. The topological polar surface area (TPSA) is 278 Å². The molecule has 0 aliphatic heterocycles. The summed E-state index contributed by atoms with van der Waals surface area (Å²) >= 11 is 0. The summed E-state index contributed by atoms with van der Waals surface area (Å²) in [5, 5.41) is 9.06. The molecule has 0 saturated heterocycles. The van der Waals surface area contributed by atoms with Gasteiger partial charge in [0.1, 0.15) is 0 Å². The Morgan fingerprint density at radius 3 is 1.40 bits per heavy atom. The number of hydrogen-bond donors (Lipinski definition) is 2. The maximum absolute atomic E-state index is 10.4. The van der Waals surface area contributed by atoms with Crippen LogP contribution in [0, 0.1) is 0 Å². The fourth-order valence-electron chi connectivity index (χ4n) is 0.753. The van der Waals surface area contributed by atoms with Crippen molar-refractivity contribution < 1.29 is 115 Å². The molecule has 0 aliphatic rings. The molecule has 10 nitrogen and oxygen atoms in total. The zero-order chi connectivity index (χ0) is 8.27. The van der Waals surface area contributed by atoms with Crippen LogP contribution in [-0.2, 0) is 4.57 Å². The summed E-state index contributed by atoms with van der Waals surface area (Å²) in [6.07, 6.45) is 0. The van der Waals surface area contributed by atoms with E-state index in [0.29, 0.717) is 5.56 Å². The van der Waals surface area contributed by atoms with Crippen molar-refractivity contribution in [1.82, 2.24) is 0 Å². The third-order valence-corrected chi connectivity index (χ3v) is 2.02. The summed E-state index contributed by atoms with van der Waals surface area (Å²) in [7, 11) is -2.53. The Balaban J connectivity index is -0.0000000122. The van der Waals surface area contributed by atoms with Crippen LogP contribution in [0.5, 0.6) is 0 Å². The third kappa shape index (κ3) is 21.3. The summed E-state index contributed by atoms with van der Waals surface area (Å²) < 4.78 is 10.4. The Labute approximate surface area is 163 Å². The maximum atomic E-state index is 10.4. The molecule has 0 fully saturated rings. The first kappa shape index (κ1) is 58.4. The van der Waals surface area contributed by atoms with Crippen molar-refractivity contribution in [3.63, 3.8) is 0 Å². The minimum absolute atomic E-state index is 0. The van der Waals surface area contributed by atoms with Crippen LogP contribution in [0.15, 0.2) is 30.3 Å². The normalized spacial score (nSPS) is 7.80. The van der Waals surface area contributed by atoms with Crippen molar-refractivity contribution in [2.45, 2.75) is 5.85 Å². The molecular weight excluding hydrogens is 321 g/mol. The predicted molar refractivity (Wildman–Crippen MR) is 68.7 cm³/mol. The molecule has 0 heterocycles. The summed E-state index contributed by atoms with van der Waals surface area (Å²) in [4.78, 5) is 8.53. The van der Waals surface area contributed by atoms with Crippen molar-refractivity contribution in [2.24, 2.45) is 0 Å². The Hall–Kier alpha value is 0.960. The molecule has 1 aromatic carbocycles. The van der Waals surface area contributed by atoms with Crippen LogP contribution in [0.25, 0.3) is 0 Å². The minimum Gasteiger partial charge on any atom is -1.00 e. The standard InChI is InChI=1S/C7H7O3P.2Na.7H2O.2H/c8-7(11(9)10)6-4-2-1-3-5-6;;;;;;;;;;;/h1-5,7-8H;;;7*1H2;;/q;2*+1;;;;;;;;2*-1/p+1. The summed E-state index contributed by atoms with van der Waals surface area (Å²) in [6, 6.07) is 8.40. The van der Waals surface area contributed by atoms with Crippen molar-refractivity contribution in [2.75, 3.05) is 0 Å². The van der Waals surface area contributed by atoms with Gasteiger partial charge in [0.2, 0.25) is 0 Å². The number of hydrogen-bond acceptors (Lipinski definition) is 2. The average Bonchev–Trinajstić information content (AvgIpc) is 2.05. The van der Waals surface area contributed by atoms with E-state index in [1.165, 1.54) is 0 Å². The number of aliphatic hydroxyl groups is 1. The predicted octanol–water partition coefficient (Wildman–Crippen LogP) is -10.1. The van der Waals surface area contributed by atoms with Gasteiger partial charge in [-0.25, -0.2) is 0 Å². The summed E-state index contributed by atoms with van der Waals surface area (Å²) in [5.74, 6) is -1.26. The van der Waals surface area contributed by atoms with E-state index >= 15 is 0 Å². The van der Waals surface area contributed by atoms with E-state index in [1.54, 1.807) is 30.3 Å². The van der Waals surface area contributed by atoms with Gasteiger partial charge in [-0.2, -0.15) is 4.89 Å². The van der Waals surface area contributed by atoms with Crippen molar-refractivity contribution in [3.05, 3.63) is 35.9 Å². The van der Waals surface area contributed by atoms with Crippen molar-refractivity contribution >= 4 is 8.03 Å². The molecule has 2 unspecified atom stereocenters. The first-order chi connectivity index (χ1) is 5.22. The van der Waals surface area contributed by atoms with Crippen LogP contribution in [0.2, 0.25) is 0 Å². The summed E-state index contributed by atoms with van der Waals surface area (Å²) in [6.45, 7) is 0. The Bertz CT molecular complexity index is 275. The smallest absolute Gasteiger partial charge is 1.00 e. The Kier molecular flexibility index (Phi) is 93.6. The van der Waals surface area contributed by atoms with Crippen LogP contribution >= 0.6 is 8.03 Å². The molecule has 1 rings (SSSR count). The van der Waals surface area contributed by atoms with E-state index in [2.05, 4.69) is 0 Å². The quantitative estimate of drug-likeness (QED) is 0.390. The molecule has 16 N–H and O–H groups in total. The van der Waals surface area contributed by atoms with E-state index in [9.17, 15) is 4.57 Å². The van der Waals surface area contributed by atoms with Gasteiger partial charge in [0.05, 0.1) is 0 Å². The van der Waals surface area contributed by atoms with Crippen LogP contribution in [0.3, 0.4) is 0 Å². The van der Waals surface area contributed by atoms with E-state index in [4.69, 9.17) is 10.00 Å². The van der Waals surface area contributed by atoms with Gasteiger partial charge in [-0.05, 0) is 4.57 Å². The first-order valence-electron chi connectivity index (χ1n) is 3.10. The zero-order valence-electron chi connectivity index (χ0n) is 13.2. The second-order valence-electron chi connectivity index (χ2n) is 2.09. The number of rotatable bonds is 2. The average molecular weight is 345 g/mol. The monoisotopic (exact) mass is 345 g/mol. The van der Waals surface area contributed by atoms with Crippen molar-refractivity contribution in [1.29, 1.82) is 0 Å². The molecule has 118 valence electrons. The van der Waals surface area contributed by atoms with Gasteiger partial charge < -0.3 is 46.3 Å². The van der Waals surface area contributed by atoms with E-state index in [0.717, 1.165) is 0 Å². The second kappa shape index (κ2) is 32.1. The molecule has 0 aliphatic carbocycles. The van der Waals surface area contributed by atoms with E-state index < -0.39 is 13.9 Å². The van der Waals surface area contributed by atoms with Crippen LogP contribution in [-0.4, -0.2) is 48.3 Å². The fourth-order valence-corrected chi connectivity index (χ4v) is 1.18. The van der Waals surface area contributed by atoms with Gasteiger partial charge in [0.15, 0.2) is 0 Å². The first-order valence-corrected chi connectivity index (χ1v) is 4.38. The molecular formula is C7H24Na2O10P+. The van der Waals surface area contributed by atoms with Gasteiger partial charge in [-0.1, -0.05) is 30.3 Å². The molecule has 0 aromatic heterocycles. The maximum Gasteiger partial charge on any atom is 1.00 e. The fraction of sp³-hybridized carbons (Fsp3) is 0.143. The van der Waals surface area contributed by atoms with Crippen LogP contribution in [0.1, 0.15) is 14.3 Å². The Morgan fingerprint density at radius 2 is 1.15 bits per heavy atom. The largest absolute Gasteiger partial charge is 1.00 e. The molecule has 0 radical (unpaired) electrons. The van der Waals surface area contributed by atoms with Gasteiger partial charge in [-0.3, -0.25) is 0 Å². The van der Waals surface area contributed by atoms with Gasteiger partial charge in [-0.15, -0.1) is 0 Å². The molecule has 1 aromatic rings. The van der Waals surface area contributed by atoms with E-state index in [-0.39, 0.29) is 100 Å². The van der Waals surface area contributed by atoms with E-state index in [1.807, 2.05) is 0 Å².